The number of nitrogens with zero attached hydrogens (tertiary/aromatic N) is 2. The fourth-order valence-corrected chi connectivity index (χ4v) is 3.58. The Labute approximate surface area is 117 Å². The van der Waals surface area contributed by atoms with Gasteiger partial charge in [-0.1, -0.05) is 13.8 Å². The molecule has 2 atom stereocenters. The molecule has 1 heterocycles. The molecule has 0 bridgehead atoms. The lowest BCUT2D eigenvalue weighted by molar-refractivity contribution is -0.00416. The zero-order chi connectivity index (χ0) is 13.9. The quantitative estimate of drug-likeness (QED) is 0.793. The van der Waals surface area contributed by atoms with E-state index in [0.29, 0.717) is 11.3 Å². The molecule has 2 unspecified atom stereocenters. The summed E-state index contributed by atoms with van der Waals surface area (Å²) in [7, 11) is 0. The predicted molar refractivity (Wildman–Crippen MR) is 77.1 cm³/mol. The molecule has 1 aliphatic carbocycles. The Kier molecular flexibility index (Phi) is 5.23. The van der Waals surface area contributed by atoms with E-state index >= 15 is 0 Å². The molecule has 0 spiro atoms. The van der Waals surface area contributed by atoms with E-state index in [0.717, 1.165) is 58.5 Å². The van der Waals surface area contributed by atoms with Crippen LogP contribution in [-0.4, -0.2) is 72.0 Å². The number of hydrogen-bond acceptors (Lipinski definition) is 4. The fourth-order valence-electron chi connectivity index (χ4n) is 3.58. The zero-order valence-electron chi connectivity index (χ0n) is 12.5. The van der Waals surface area contributed by atoms with Crippen molar-refractivity contribution in [1.29, 1.82) is 0 Å². The Balaban J connectivity index is 1.78. The molecule has 4 heteroatoms. The normalized spacial score (nSPS) is 33.5. The molecule has 19 heavy (non-hydrogen) atoms. The Hall–Kier alpha value is -0.160. The molecule has 112 valence electrons. The van der Waals surface area contributed by atoms with Crippen LogP contribution in [0.2, 0.25) is 0 Å². The molecular formula is C15H30N2O2. The van der Waals surface area contributed by atoms with Crippen LogP contribution >= 0.6 is 0 Å². The molecule has 0 aromatic carbocycles. The first kappa shape index (κ1) is 15.2. The van der Waals surface area contributed by atoms with Gasteiger partial charge in [-0.2, -0.15) is 0 Å². The summed E-state index contributed by atoms with van der Waals surface area (Å²) >= 11 is 0. The summed E-state index contributed by atoms with van der Waals surface area (Å²) in [5.74, 6) is 0.438. The SMILES string of the molecule is CC1(C)CCC(O)C(CN2CCN(CCO)CC2)C1. The molecule has 0 amide bonds. The maximum atomic E-state index is 10.2. The van der Waals surface area contributed by atoms with Crippen LogP contribution < -0.4 is 0 Å². The number of β-amino-alcohol motifs (C(OH)–C–C–N with tert-alkyl or cyclic N) is 1. The van der Waals surface area contributed by atoms with Gasteiger partial charge in [-0.15, -0.1) is 0 Å². The summed E-state index contributed by atoms with van der Waals surface area (Å²) in [4.78, 5) is 4.81. The van der Waals surface area contributed by atoms with Crippen LogP contribution in [0.25, 0.3) is 0 Å². The molecule has 2 aliphatic rings. The highest BCUT2D eigenvalue weighted by molar-refractivity contribution is 4.87. The van der Waals surface area contributed by atoms with Crippen molar-refractivity contribution in [2.45, 2.75) is 39.2 Å². The van der Waals surface area contributed by atoms with Crippen LogP contribution in [0.5, 0.6) is 0 Å². The molecule has 1 saturated carbocycles. The van der Waals surface area contributed by atoms with E-state index in [1.54, 1.807) is 0 Å². The lowest BCUT2D eigenvalue weighted by atomic mass is 9.70. The minimum Gasteiger partial charge on any atom is -0.395 e. The number of piperazine rings is 1. The van der Waals surface area contributed by atoms with Crippen molar-refractivity contribution in [2.24, 2.45) is 11.3 Å². The van der Waals surface area contributed by atoms with Gasteiger partial charge in [0.2, 0.25) is 0 Å². The molecule has 0 aromatic rings. The molecule has 0 radical (unpaired) electrons. The van der Waals surface area contributed by atoms with Crippen molar-refractivity contribution >= 4 is 0 Å². The standard InChI is InChI=1S/C15H30N2O2/c1-15(2)4-3-14(19)13(11-15)12-17-7-5-16(6-8-17)9-10-18/h13-14,18-19H,3-12H2,1-2H3. The first-order chi connectivity index (χ1) is 9.00. The lowest BCUT2D eigenvalue weighted by Crippen LogP contribution is -2.50. The molecular weight excluding hydrogens is 240 g/mol. The van der Waals surface area contributed by atoms with Gasteiger partial charge >= 0.3 is 0 Å². The van der Waals surface area contributed by atoms with Crippen LogP contribution in [0.1, 0.15) is 33.1 Å². The van der Waals surface area contributed by atoms with E-state index in [-0.39, 0.29) is 12.7 Å². The van der Waals surface area contributed by atoms with Gasteiger partial charge in [-0.05, 0) is 30.6 Å². The minimum atomic E-state index is -0.108. The second-order valence-corrected chi connectivity index (χ2v) is 7.10. The first-order valence-corrected chi connectivity index (χ1v) is 7.74. The summed E-state index contributed by atoms with van der Waals surface area (Å²) in [5.41, 5.74) is 0.391. The highest BCUT2D eigenvalue weighted by Gasteiger charge is 2.35. The summed E-state index contributed by atoms with van der Waals surface area (Å²) in [6.07, 6.45) is 3.14. The second kappa shape index (κ2) is 6.53. The Bertz CT molecular complexity index is 275. The highest BCUT2D eigenvalue weighted by Crippen LogP contribution is 2.39. The summed E-state index contributed by atoms with van der Waals surface area (Å²) < 4.78 is 0. The number of aliphatic hydroxyl groups excluding tert-OH is 2. The van der Waals surface area contributed by atoms with Crippen molar-refractivity contribution < 1.29 is 10.2 Å². The van der Waals surface area contributed by atoms with E-state index < -0.39 is 0 Å². The fraction of sp³-hybridized carbons (Fsp3) is 1.00. The average Bonchev–Trinajstić information content (AvgIpc) is 2.36. The molecule has 4 nitrogen and oxygen atoms in total. The molecule has 0 aromatic heterocycles. The van der Waals surface area contributed by atoms with Crippen molar-refractivity contribution in [2.75, 3.05) is 45.9 Å². The smallest absolute Gasteiger partial charge is 0.0581 e. The van der Waals surface area contributed by atoms with Gasteiger partial charge in [0, 0.05) is 39.3 Å². The number of hydrogen-bond donors (Lipinski definition) is 2. The average molecular weight is 270 g/mol. The molecule has 2 fully saturated rings. The Morgan fingerprint density at radius 3 is 2.37 bits per heavy atom. The van der Waals surface area contributed by atoms with Gasteiger partial charge in [-0.25, -0.2) is 0 Å². The van der Waals surface area contributed by atoms with E-state index in [9.17, 15) is 5.11 Å². The van der Waals surface area contributed by atoms with Crippen molar-refractivity contribution in [3.05, 3.63) is 0 Å². The van der Waals surface area contributed by atoms with Gasteiger partial charge < -0.3 is 15.1 Å². The summed E-state index contributed by atoms with van der Waals surface area (Å²) in [5, 5.41) is 19.1. The van der Waals surface area contributed by atoms with Crippen LogP contribution in [0.3, 0.4) is 0 Å². The van der Waals surface area contributed by atoms with E-state index in [2.05, 4.69) is 23.6 Å². The first-order valence-electron chi connectivity index (χ1n) is 7.74. The van der Waals surface area contributed by atoms with E-state index in [1.165, 1.54) is 0 Å². The van der Waals surface area contributed by atoms with Crippen molar-refractivity contribution in [3.8, 4) is 0 Å². The third-order valence-electron chi connectivity index (χ3n) is 4.85. The molecule has 1 saturated heterocycles. The van der Waals surface area contributed by atoms with Crippen molar-refractivity contribution in [1.82, 2.24) is 9.80 Å². The zero-order valence-corrected chi connectivity index (χ0v) is 12.5. The summed E-state index contributed by atoms with van der Waals surface area (Å²) in [6.45, 7) is 11.0. The molecule has 2 rings (SSSR count). The topological polar surface area (TPSA) is 46.9 Å². The second-order valence-electron chi connectivity index (χ2n) is 7.10. The van der Waals surface area contributed by atoms with Gasteiger partial charge in [0.15, 0.2) is 0 Å². The van der Waals surface area contributed by atoms with Gasteiger partial charge in [0.25, 0.3) is 0 Å². The lowest BCUT2D eigenvalue weighted by Gasteiger charge is -2.42. The van der Waals surface area contributed by atoms with Crippen molar-refractivity contribution in [3.63, 3.8) is 0 Å². The van der Waals surface area contributed by atoms with Gasteiger partial charge in [-0.3, -0.25) is 4.90 Å². The Morgan fingerprint density at radius 1 is 1.11 bits per heavy atom. The van der Waals surface area contributed by atoms with Crippen LogP contribution in [0.15, 0.2) is 0 Å². The van der Waals surface area contributed by atoms with E-state index in [4.69, 9.17) is 5.11 Å². The van der Waals surface area contributed by atoms with Crippen LogP contribution in [-0.2, 0) is 0 Å². The monoisotopic (exact) mass is 270 g/mol. The van der Waals surface area contributed by atoms with Gasteiger partial charge in [0.05, 0.1) is 12.7 Å². The third-order valence-corrected chi connectivity index (χ3v) is 4.85. The summed E-state index contributed by atoms with van der Waals surface area (Å²) in [6, 6.07) is 0. The van der Waals surface area contributed by atoms with Crippen LogP contribution in [0.4, 0.5) is 0 Å². The number of rotatable bonds is 4. The van der Waals surface area contributed by atoms with Gasteiger partial charge in [0.1, 0.15) is 0 Å². The maximum absolute atomic E-state index is 10.2. The maximum Gasteiger partial charge on any atom is 0.0581 e. The van der Waals surface area contributed by atoms with E-state index in [1.807, 2.05) is 0 Å². The molecule has 1 aliphatic heterocycles. The number of aliphatic hydroxyl groups is 2. The largest absolute Gasteiger partial charge is 0.395 e. The van der Waals surface area contributed by atoms with Crippen LogP contribution in [0, 0.1) is 11.3 Å². The highest BCUT2D eigenvalue weighted by atomic mass is 16.3. The minimum absolute atomic E-state index is 0.108. The third kappa shape index (κ3) is 4.42. The predicted octanol–water partition coefficient (Wildman–Crippen LogP) is 0.783. The molecule has 2 N–H and O–H groups in total. The Morgan fingerprint density at radius 2 is 1.74 bits per heavy atom.